The maximum atomic E-state index is 7.50. The second kappa shape index (κ2) is 29.3. The Bertz CT molecular complexity index is 113. The van der Waals surface area contributed by atoms with Gasteiger partial charge in [0.15, 0.2) is 0 Å². The van der Waals surface area contributed by atoms with E-state index in [9.17, 15) is 0 Å². The first-order valence-electron chi connectivity index (χ1n) is 2.38. The quantitative estimate of drug-likeness (QED) is 0.300. The summed E-state index contributed by atoms with van der Waals surface area (Å²) in [6.45, 7) is 13.5. The molecule has 0 aromatic rings. The summed E-state index contributed by atoms with van der Waals surface area (Å²) < 4.78 is 23.8. The molecule has 0 N–H and O–H groups in total. The number of hydrogen-bond donors (Lipinski definition) is 0. The van der Waals surface area contributed by atoms with Crippen LogP contribution in [0.4, 0.5) is 0 Å². The molecule has 0 atom stereocenters. The molecule has 1 rings (SSSR count). The molecule has 0 aromatic carbocycles. The molecular formula is C8H4IO3Re. The fraction of sp³-hybridized carbons (Fsp3) is 0. The molecule has 0 spiro atoms. The number of hydrogen-bond acceptors (Lipinski definition) is 0. The van der Waals surface area contributed by atoms with E-state index in [0.29, 0.717) is 0 Å². The van der Waals surface area contributed by atoms with Gasteiger partial charge in [-0.25, -0.2) is 0 Å². The second-order valence-electron chi connectivity index (χ2n) is 1.10. The van der Waals surface area contributed by atoms with Gasteiger partial charge in [-0.1, -0.05) is 22.6 Å². The zero-order chi connectivity index (χ0) is 10.4. The zero-order valence-electron chi connectivity index (χ0n) is 6.29. The summed E-state index contributed by atoms with van der Waals surface area (Å²) in [4.78, 5) is 0. The first-order chi connectivity index (χ1) is 5.89. The molecule has 1 aliphatic carbocycles. The third-order valence-electron chi connectivity index (χ3n) is 0.622. The maximum absolute atomic E-state index is 7.50. The van der Waals surface area contributed by atoms with Crippen LogP contribution in [0.15, 0.2) is 0 Å². The fourth-order valence-corrected chi connectivity index (χ4v) is 0.766. The fourth-order valence-electron chi connectivity index (χ4n) is 0.351. The van der Waals surface area contributed by atoms with E-state index in [-0.39, 0.29) is 20.4 Å². The number of rotatable bonds is 0. The van der Waals surface area contributed by atoms with Crippen LogP contribution in [0, 0.1) is 49.6 Å². The van der Waals surface area contributed by atoms with Gasteiger partial charge in [0.25, 0.3) is 0 Å². The predicted octanol–water partition coefficient (Wildman–Crippen LogP) is 1.67. The van der Waals surface area contributed by atoms with Crippen LogP contribution in [0.2, 0.25) is 0 Å². The normalized spacial score (nSPS) is 12.2. The van der Waals surface area contributed by atoms with Gasteiger partial charge in [-0.15, -0.1) is 0 Å². The minimum atomic E-state index is 0. The summed E-state index contributed by atoms with van der Waals surface area (Å²) in [5.74, 6) is 0. The summed E-state index contributed by atoms with van der Waals surface area (Å²) in [6, 6.07) is 0. The predicted molar refractivity (Wildman–Crippen MR) is 46.3 cm³/mol. The molecule has 0 heterocycles. The standard InChI is InChI=1S/C5H4I.3CO.Re/c6-5-3-1-2-4-5;3*1-2;/h1-4H;;;;. The van der Waals surface area contributed by atoms with Gasteiger partial charge in [-0.05, 0) is 25.7 Å². The van der Waals surface area contributed by atoms with Crippen molar-refractivity contribution in [2.45, 2.75) is 0 Å². The summed E-state index contributed by atoms with van der Waals surface area (Å²) in [6.07, 6.45) is 8.20. The Balaban J connectivity index is -0.0000000508. The Morgan fingerprint density at radius 1 is 0.846 bits per heavy atom. The van der Waals surface area contributed by atoms with Gasteiger partial charge in [0.2, 0.25) is 0 Å². The molecule has 0 saturated heterocycles. The molecule has 1 saturated carbocycles. The van der Waals surface area contributed by atoms with Crippen molar-refractivity contribution in [1.29, 1.82) is 0 Å². The topological polar surface area (TPSA) is 59.7 Å². The van der Waals surface area contributed by atoms with E-state index in [2.05, 4.69) is 55.4 Å². The molecule has 1 fully saturated rings. The van der Waals surface area contributed by atoms with E-state index in [1.165, 1.54) is 3.92 Å². The Morgan fingerprint density at radius 2 is 1.08 bits per heavy atom. The van der Waals surface area contributed by atoms with Crippen molar-refractivity contribution in [2.24, 2.45) is 0 Å². The zero-order valence-corrected chi connectivity index (χ0v) is 11.2. The van der Waals surface area contributed by atoms with E-state index in [4.69, 9.17) is 14.0 Å². The van der Waals surface area contributed by atoms with Gasteiger partial charge in [0.05, 0.1) is 0 Å². The molecular weight excluding hydrogens is 457 g/mol. The van der Waals surface area contributed by atoms with Crippen molar-refractivity contribution < 1.29 is 34.4 Å². The third kappa shape index (κ3) is 24.5. The van der Waals surface area contributed by atoms with Crippen molar-refractivity contribution in [3.8, 4) is 0 Å². The molecule has 5 heteroatoms. The van der Waals surface area contributed by atoms with Crippen LogP contribution in [-0.2, 0) is 34.4 Å². The Hall–Kier alpha value is 0.612. The average molecular weight is 461 g/mol. The van der Waals surface area contributed by atoms with E-state index < -0.39 is 0 Å². The Labute approximate surface area is 106 Å². The van der Waals surface area contributed by atoms with Crippen LogP contribution in [0.25, 0.3) is 0 Å². The van der Waals surface area contributed by atoms with Crippen LogP contribution in [0.5, 0.6) is 0 Å². The van der Waals surface area contributed by atoms with E-state index in [1.54, 1.807) is 0 Å². The van der Waals surface area contributed by atoms with E-state index in [0.717, 1.165) is 0 Å². The van der Waals surface area contributed by atoms with Crippen LogP contribution in [0.3, 0.4) is 0 Å². The molecule has 0 unspecified atom stereocenters. The van der Waals surface area contributed by atoms with Crippen molar-refractivity contribution in [3.05, 3.63) is 49.6 Å². The van der Waals surface area contributed by atoms with Crippen molar-refractivity contribution in [2.75, 3.05) is 0 Å². The van der Waals surface area contributed by atoms with Gasteiger partial charge in [0.1, 0.15) is 0 Å². The molecule has 0 aromatic heterocycles. The minimum Gasteiger partial charge on any atom is 0 e. The van der Waals surface area contributed by atoms with E-state index in [1.807, 2.05) is 12.8 Å². The summed E-state index contributed by atoms with van der Waals surface area (Å²) >= 11 is 2.28. The summed E-state index contributed by atoms with van der Waals surface area (Å²) in [5.41, 5.74) is 0. The van der Waals surface area contributed by atoms with Gasteiger partial charge in [0, 0.05) is 24.3 Å². The second-order valence-corrected chi connectivity index (χ2v) is 2.35. The Morgan fingerprint density at radius 3 is 1.15 bits per heavy atom. The smallest absolute Gasteiger partial charge is 0 e. The monoisotopic (exact) mass is 462 g/mol. The Kier molecular flexibility index (Phi) is 52.9. The van der Waals surface area contributed by atoms with Crippen molar-refractivity contribution in [1.82, 2.24) is 0 Å². The number of halogens is 1. The van der Waals surface area contributed by atoms with Gasteiger partial charge in [-0.3, -0.25) is 0 Å². The van der Waals surface area contributed by atoms with Crippen LogP contribution < -0.4 is 0 Å². The van der Waals surface area contributed by atoms with Crippen molar-refractivity contribution >= 4 is 22.6 Å². The molecule has 3 nitrogen and oxygen atoms in total. The maximum Gasteiger partial charge on any atom is 0 e. The molecule has 0 amide bonds. The molecule has 6 radical (unpaired) electrons. The van der Waals surface area contributed by atoms with Crippen LogP contribution in [-0.4, -0.2) is 0 Å². The summed E-state index contributed by atoms with van der Waals surface area (Å²) in [5, 5.41) is 0. The molecule has 68 valence electrons. The molecule has 0 bridgehead atoms. The minimum absolute atomic E-state index is 0. The average Bonchev–Trinajstić information content (AvgIpc) is 2.66. The van der Waals surface area contributed by atoms with Crippen molar-refractivity contribution in [3.63, 3.8) is 0 Å². The third-order valence-corrected chi connectivity index (χ3v) is 1.34. The largest absolute Gasteiger partial charge is 0 e. The SMILES string of the molecule is I[C]1[CH][CH][CH][CH]1.[C-]#[O+].[C-]#[O+].[C-]#[O+].[Re]. The van der Waals surface area contributed by atoms with Gasteiger partial charge >= 0.3 is 33.9 Å². The van der Waals surface area contributed by atoms with Gasteiger partial charge in [-0.2, -0.15) is 0 Å². The molecule has 1 aliphatic rings. The molecule has 0 aliphatic heterocycles. The van der Waals surface area contributed by atoms with Crippen LogP contribution in [0.1, 0.15) is 0 Å². The first-order valence-corrected chi connectivity index (χ1v) is 3.46. The molecule has 13 heavy (non-hydrogen) atoms. The first kappa shape index (κ1) is 23.4. The van der Waals surface area contributed by atoms with Crippen LogP contribution >= 0.6 is 22.6 Å². The summed E-state index contributed by atoms with van der Waals surface area (Å²) in [7, 11) is 0. The van der Waals surface area contributed by atoms with E-state index >= 15 is 0 Å². The van der Waals surface area contributed by atoms with Gasteiger partial charge < -0.3 is 0 Å².